The lowest BCUT2D eigenvalue weighted by atomic mass is 9.91. The number of piperazine rings is 1. The largest absolute Gasteiger partial charge is 0.492 e. The van der Waals surface area contributed by atoms with E-state index in [9.17, 15) is 18.9 Å². The van der Waals surface area contributed by atoms with Gasteiger partial charge in [0.1, 0.15) is 24.8 Å². The first-order valence-corrected chi connectivity index (χ1v) is 28.7. The molecule has 0 bridgehead atoms. The zero-order chi connectivity index (χ0) is 49.0. The van der Waals surface area contributed by atoms with Crippen LogP contribution in [0.5, 0.6) is 5.75 Å². The minimum atomic E-state index is -2.64. The Morgan fingerprint density at radius 1 is 0.873 bits per heavy atom. The first kappa shape index (κ1) is 47.9. The maximum Gasteiger partial charge on any atom is 0.249 e. The molecule has 2 aromatic heterocycles. The first-order valence-electron chi connectivity index (χ1n) is 25.8. The van der Waals surface area contributed by atoms with Crippen LogP contribution in [0.4, 0.5) is 34.5 Å². The molecule has 1 spiro atoms. The van der Waals surface area contributed by atoms with Gasteiger partial charge in [0, 0.05) is 111 Å². The van der Waals surface area contributed by atoms with E-state index >= 15 is 0 Å². The second-order valence-corrected chi connectivity index (χ2v) is 24.3. The molecule has 17 heteroatoms. The third kappa shape index (κ3) is 9.12. The molecular formula is C54H64BrN10O5P. The number of halogens is 1. The standard InChI is InChI=1S/C54H64BrN10O5P/c1-4-35-31-42(59-53-56-33-39(55)50(61-53)58-41-14-13-40-38(12-11-34(3)57-40)49(41)71(69)29-6-7-30-71)46(70-5-2)32-45(35)64-23-18-37(19-24-64)63-27-25-62(26-28-63)22-17-36-9-8-10-43-48(36)54(20-21-54)52(68)65(43)44-15-16-47(66)60-51(44)67/h8-14,31-33,37,44H,4-7,15-30H2,1-3H3,(H,60,66,67)(H2,56,58,59,61). The SMILES string of the molecule is CCOc1cc(N2CCC(N3CCN(CCc4cccc5c4C4(CC4)C(=O)N5C4CCC(=O)NC4=O)CC3)CC2)c(CC)cc1Nc1ncc(Br)c(Nc2ccc3nc(C)ccc3c2P2(=O)CCCC2)n1. The molecule has 5 fully saturated rings. The van der Waals surface area contributed by atoms with Crippen molar-refractivity contribution in [1.29, 1.82) is 0 Å². The number of aryl methyl sites for hydroxylation is 2. The van der Waals surface area contributed by atoms with Crippen LogP contribution in [-0.4, -0.2) is 119 Å². The molecule has 1 aliphatic carbocycles. The van der Waals surface area contributed by atoms with Gasteiger partial charge in [0.05, 0.1) is 33.4 Å². The van der Waals surface area contributed by atoms with Gasteiger partial charge in [0.2, 0.25) is 23.7 Å². The molecule has 1 saturated carbocycles. The fourth-order valence-electron chi connectivity index (χ4n) is 12.2. The highest BCUT2D eigenvalue weighted by Gasteiger charge is 2.62. The van der Waals surface area contributed by atoms with Crippen LogP contribution in [-0.2, 0) is 37.2 Å². The second-order valence-electron chi connectivity index (χ2n) is 20.3. The monoisotopic (exact) mass is 1040 g/mol. The predicted octanol–water partition coefficient (Wildman–Crippen LogP) is 8.34. The van der Waals surface area contributed by atoms with Gasteiger partial charge in [-0.25, -0.2) is 4.98 Å². The molecule has 5 aromatic rings. The summed E-state index contributed by atoms with van der Waals surface area (Å²) in [6.07, 6.45) is 11.2. The maximum absolute atomic E-state index is 14.5. The summed E-state index contributed by atoms with van der Waals surface area (Å²) in [6, 6.07) is 18.5. The molecule has 372 valence electrons. The third-order valence-electron chi connectivity index (χ3n) is 16.0. The summed E-state index contributed by atoms with van der Waals surface area (Å²) >= 11 is 3.69. The molecule has 7 heterocycles. The topological polar surface area (TPSA) is 165 Å². The van der Waals surface area contributed by atoms with Crippen molar-refractivity contribution >= 4 is 91.5 Å². The van der Waals surface area contributed by atoms with Gasteiger partial charge in [-0.1, -0.05) is 25.1 Å². The minimum absolute atomic E-state index is 0.0276. The van der Waals surface area contributed by atoms with Gasteiger partial charge in [0.15, 0.2) is 0 Å². The highest BCUT2D eigenvalue weighted by molar-refractivity contribution is 9.10. The Balaban J connectivity index is 0.726. The molecule has 1 atom stereocenters. The average Bonchev–Trinajstić information content (AvgIpc) is 4.00. The van der Waals surface area contributed by atoms with Gasteiger partial charge < -0.3 is 29.7 Å². The molecule has 6 aliphatic rings. The Kier molecular flexibility index (Phi) is 13.2. The van der Waals surface area contributed by atoms with Crippen LogP contribution >= 0.6 is 23.1 Å². The van der Waals surface area contributed by atoms with Crippen molar-refractivity contribution in [2.45, 2.75) is 102 Å². The van der Waals surface area contributed by atoms with Crippen molar-refractivity contribution in [2.75, 3.05) is 85.2 Å². The van der Waals surface area contributed by atoms with Crippen LogP contribution < -0.4 is 35.8 Å². The van der Waals surface area contributed by atoms with Gasteiger partial charge in [-0.05, 0) is 135 Å². The van der Waals surface area contributed by atoms with Crippen molar-refractivity contribution < 1.29 is 23.7 Å². The zero-order valence-electron chi connectivity index (χ0n) is 41.1. The van der Waals surface area contributed by atoms with E-state index in [1.165, 1.54) is 16.8 Å². The van der Waals surface area contributed by atoms with Gasteiger partial charge in [-0.3, -0.25) is 34.5 Å². The van der Waals surface area contributed by atoms with Crippen LogP contribution in [0.2, 0.25) is 0 Å². The fraction of sp³-hybridized carbons (Fsp3) is 0.481. The lowest BCUT2D eigenvalue weighted by molar-refractivity contribution is -0.135. The van der Waals surface area contributed by atoms with E-state index in [0.29, 0.717) is 47.6 Å². The summed E-state index contributed by atoms with van der Waals surface area (Å²) in [7, 11) is -2.64. The molecule has 11 rings (SSSR count). The minimum Gasteiger partial charge on any atom is -0.492 e. The Morgan fingerprint density at radius 2 is 1.66 bits per heavy atom. The number of imide groups is 1. The molecule has 3 aromatic carbocycles. The van der Waals surface area contributed by atoms with E-state index < -0.39 is 18.6 Å². The summed E-state index contributed by atoms with van der Waals surface area (Å²) in [4.78, 5) is 62.6. The molecule has 4 saturated heterocycles. The molecule has 71 heavy (non-hydrogen) atoms. The summed E-state index contributed by atoms with van der Waals surface area (Å²) in [5.74, 6) is 1.14. The Morgan fingerprint density at radius 3 is 2.39 bits per heavy atom. The fourth-order valence-corrected chi connectivity index (χ4v) is 15.8. The summed E-state index contributed by atoms with van der Waals surface area (Å²) < 4.78 is 21.5. The van der Waals surface area contributed by atoms with Gasteiger partial charge in [-0.2, -0.15) is 4.98 Å². The number of ether oxygens (including phenoxy) is 1. The molecule has 0 radical (unpaired) electrons. The molecule has 15 nitrogen and oxygen atoms in total. The number of nitrogens with zero attached hydrogens (tertiary/aromatic N) is 7. The number of nitrogens with one attached hydrogen (secondary N) is 3. The molecular weight excluding hydrogens is 980 g/mol. The number of hydrogen-bond donors (Lipinski definition) is 3. The summed E-state index contributed by atoms with van der Waals surface area (Å²) in [5, 5.41) is 11.3. The number of benzene rings is 3. The van der Waals surface area contributed by atoms with Crippen LogP contribution in [0.15, 0.2) is 65.3 Å². The van der Waals surface area contributed by atoms with Crippen LogP contribution in [0, 0.1) is 6.92 Å². The number of carbonyl (C=O) groups excluding carboxylic acids is 3. The first-order chi connectivity index (χ1) is 34.4. The molecule has 3 N–H and O–H groups in total. The van der Waals surface area contributed by atoms with E-state index in [-0.39, 0.29) is 24.1 Å². The van der Waals surface area contributed by atoms with E-state index in [4.69, 9.17) is 14.7 Å². The summed E-state index contributed by atoms with van der Waals surface area (Å²) in [6.45, 7) is 13.7. The van der Waals surface area contributed by atoms with Crippen LogP contribution in [0.25, 0.3) is 10.9 Å². The zero-order valence-corrected chi connectivity index (χ0v) is 43.5. The second kappa shape index (κ2) is 19.5. The Labute approximate surface area is 424 Å². The quantitative estimate of drug-likeness (QED) is 0.0719. The highest BCUT2D eigenvalue weighted by atomic mass is 79.9. The number of anilines is 6. The van der Waals surface area contributed by atoms with Crippen LogP contribution in [0.3, 0.4) is 0 Å². The number of fused-ring (bicyclic) bond motifs is 3. The Hall–Kier alpha value is -5.41. The van der Waals surface area contributed by atoms with Crippen molar-refractivity contribution in [3.8, 4) is 5.75 Å². The van der Waals surface area contributed by atoms with E-state index in [1.54, 1.807) is 11.1 Å². The number of aromatic nitrogens is 3. The lowest BCUT2D eigenvalue weighted by Gasteiger charge is -2.43. The van der Waals surface area contributed by atoms with Crippen molar-refractivity contribution in [2.24, 2.45) is 0 Å². The van der Waals surface area contributed by atoms with Gasteiger partial charge >= 0.3 is 0 Å². The van der Waals surface area contributed by atoms with Crippen molar-refractivity contribution in [3.05, 3.63) is 87.7 Å². The average molecular weight is 1040 g/mol. The molecule has 1 unspecified atom stereocenters. The number of rotatable bonds is 14. The highest BCUT2D eigenvalue weighted by Crippen LogP contribution is 2.59. The van der Waals surface area contributed by atoms with E-state index in [2.05, 4.69) is 82.8 Å². The van der Waals surface area contributed by atoms with Gasteiger partial charge in [-0.15, -0.1) is 0 Å². The predicted molar refractivity (Wildman–Crippen MR) is 284 cm³/mol. The van der Waals surface area contributed by atoms with E-state index in [0.717, 1.165) is 147 Å². The van der Waals surface area contributed by atoms with Crippen molar-refractivity contribution in [3.63, 3.8) is 0 Å². The van der Waals surface area contributed by atoms with Crippen LogP contribution in [0.1, 0.15) is 87.6 Å². The number of pyridine rings is 1. The number of amides is 3. The number of piperidine rings is 2. The third-order valence-corrected chi connectivity index (χ3v) is 19.9. The lowest BCUT2D eigenvalue weighted by Crippen LogP contribution is -2.54. The normalized spacial score (nSPS) is 21.2. The summed E-state index contributed by atoms with van der Waals surface area (Å²) in [5.41, 5.74) is 8.50. The smallest absolute Gasteiger partial charge is 0.249 e. The number of carbonyl (C=O) groups is 3. The van der Waals surface area contributed by atoms with Gasteiger partial charge in [0.25, 0.3) is 0 Å². The van der Waals surface area contributed by atoms with Crippen molar-refractivity contribution in [1.82, 2.24) is 30.1 Å². The molecule has 5 aliphatic heterocycles. The Bertz CT molecular complexity index is 2960. The van der Waals surface area contributed by atoms with E-state index in [1.807, 2.05) is 44.2 Å². The maximum atomic E-state index is 14.5. The number of hydrogen-bond acceptors (Lipinski definition) is 13. The molecule has 3 amide bonds.